The van der Waals surface area contributed by atoms with Gasteiger partial charge in [-0.25, -0.2) is 4.99 Å². The molecule has 0 radical (unpaired) electrons. The van der Waals surface area contributed by atoms with Crippen molar-refractivity contribution >= 4 is 40.3 Å². The Labute approximate surface area is 187 Å². The summed E-state index contributed by atoms with van der Waals surface area (Å²) in [7, 11) is 0. The number of amides is 1. The van der Waals surface area contributed by atoms with Crippen molar-refractivity contribution in [1.82, 2.24) is 0 Å². The van der Waals surface area contributed by atoms with Gasteiger partial charge >= 0.3 is 0 Å². The number of hydrogen-bond acceptors (Lipinski definition) is 3. The van der Waals surface area contributed by atoms with Crippen LogP contribution in [0.4, 0.5) is 11.4 Å². The van der Waals surface area contributed by atoms with Crippen LogP contribution in [-0.4, -0.2) is 11.1 Å². The summed E-state index contributed by atoms with van der Waals surface area (Å²) in [4.78, 5) is 20.5. The maximum atomic E-state index is 13.4. The van der Waals surface area contributed by atoms with E-state index < -0.39 is 0 Å². The molecule has 0 unspecified atom stereocenters. The van der Waals surface area contributed by atoms with Crippen LogP contribution in [0.1, 0.15) is 23.6 Å². The lowest BCUT2D eigenvalue weighted by Gasteiger charge is -2.16. The van der Waals surface area contributed by atoms with E-state index in [4.69, 9.17) is 4.99 Å². The molecule has 0 spiro atoms. The van der Waals surface area contributed by atoms with E-state index in [9.17, 15) is 4.79 Å². The van der Waals surface area contributed by atoms with Gasteiger partial charge in [0, 0.05) is 0 Å². The SMILES string of the molecule is CC(/C=C1\SC(=Nc2ccc(C)cc2)N(c2ccc(C)cc2)C1=O)=C\c1ccccc1. The summed E-state index contributed by atoms with van der Waals surface area (Å²) in [5, 5.41) is 0.663. The number of allylic oxidation sites excluding steroid dienone is 2. The number of thioether (sulfide) groups is 1. The second-order valence-corrected chi connectivity index (χ2v) is 8.62. The molecule has 0 aliphatic carbocycles. The number of amidine groups is 1. The van der Waals surface area contributed by atoms with Gasteiger partial charge in [-0.05, 0) is 74.0 Å². The quantitative estimate of drug-likeness (QED) is 0.420. The molecule has 31 heavy (non-hydrogen) atoms. The number of benzene rings is 3. The zero-order valence-corrected chi connectivity index (χ0v) is 18.7. The first-order chi connectivity index (χ1) is 15.0. The van der Waals surface area contributed by atoms with E-state index in [1.807, 2.05) is 93.6 Å². The van der Waals surface area contributed by atoms with Crippen LogP contribution in [0.25, 0.3) is 6.08 Å². The molecule has 0 atom stereocenters. The largest absolute Gasteiger partial charge is 0.271 e. The Balaban J connectivity index is 1.72. The van der Waals surface area contributed by atoms with Crippen LogP contribution in [0.2, 0.25) is 0 Å². The zero-order valence-electron chi connectivity index (χ0n) is 17.9. The van der Waals surface area contributed by atoms with Crippen molar-refractivity contribution in [3.8, 4) is 0 Å². The summed E-state index contributed by atoms with van der Waals surface area (Å²) in [6.45, 7) is 6.10. The minimum absolute atomic E-state index is 0.0551. The molecule has 0 bridgehead atoms. The monoisotopic (exact) mass is 424 g/mol. The Kier molecular flexibility index (Phi) is 6.19. The Morgan fingerprint density at radius 3 is 2.13 bits per heavy atom. The van der Waals surface area contributed by atoms with Crippen LogP contribution in [-0.2, 0) is 4.79 Å². The first-order valence-corrected chi connectivity index (χ1v) is 11.0. The summed E-state index contributed by atoms with van der Waals surface area (Å²) in [6, 6.07) is 26.1. The van der Waals surface area contributed by atoms with Crippen LogP contribution in [0.3, 0.4) is 0 Å². The first-order valence-electron chi connectivity index (χ1n) is 10.2. The normalized spacial score (nSPS) is 17.1. The number of rotatable bonds is 4. The van der Waals surface area contributed by atoms with E-state index >= 15 is 0 Å². The highest BCUT2D eigenvalue weighted by Gasteiger charge is 2.34. The van der Waals surface area contributed by atoms with Gasteiger partial charge in [0.1, 0.15) is 0 Å². The Hall–Kier alpha value is -3.37. The van der Waals surface area contributed by atoms with Crippen molar-refractivity contribution < 1.29 is 4.79 Å². The van der Waals surface area contributed by atoms with Crippen LogP contribution in [0.15, 0.2) is 100 Å². The second kappa shape index (κ2) is 9.19. The number of carbonyl (C=O) groups excluding carboxylic acids is 1. The third-order valence-corrected chi connectivity index (χ3v) is 5.88. The summed E-state index contributed by atoms with van der Waals surface area (Å²) < 4.78 is 0. The fourth-order valence-electron chi connectivity index (χ4n) is 3.26. The van der Waals surface area contributed by atoms with Crippen molar-refractivity contribution in [3.63, 3.8) is 0 Å². The van der Waals surface area contributed by atoms with E-state index in [1.165, 1.54) is 17.3 Å². The fourth-order valence-corrected chi connectivity index (χ4v) is 4.31. The van der Waals surface area contributed by atoms with E-state index in [2.05, 4.69) is 18.2 Å². The molecule has 1 aliphatic heterocycles. The van der Waals surface area contributed by atoms with E-state index in [-0.39, 0.29) is 5.91 Å². The fraction of sp³-hybridized carbons (Fsp3) is 0.111. The highest BCUT2D eigenvalue weighted by molar-refractivity contribution is 8.19. The predicted molar refractivity (Wildman–Crippen MR) is 133 cm³/mol. The van der Waals surface area contributed by atoms with Crippen molar-refractivity contribution in [2.75, 3.05) is 4.90 Å². The molecule has 0 aromatic heterocycles. The third kappa shape index (κ3) is 5.04. The van der Waals surface area contributed by atoms with Gasteiger partial charge in [0.25, 0.3) is 5.91 Å². The lowest BCUT2D eigenvalue weighted by Crippen LogP contribution is -2.28. The summed E-state index contributed by atoms with van der Waals surface area (Å²) >= 11 is 1.41. The van der Waals surface area contributed by atoms with Crippen LogP contribution < -0.4 is 4.90 Å². The number of carbonyl (C=O) groups is 1. The van der Waals surface area contributed by atoms with Gasteiger partial charge < -0.3 is 0 Å². The van der Waals surface area contributed by atoms with Gasteiger partial charge in [-0.2, -0.15) is 0 Å². The number of nitrogens with zero attached hydrogens (tertiary/aromatic N) is 2. The molecule has 1 heterocycles. The number of hydrogen-bond donors (Lipinski definition) is 0. The highest BCUT2D eigenvalue weighted by Crippen LogP contribution is 2.37. The van der Waals surface area contributed by atoms with Crippen LogP contribution >= 0.6 is 11.8 Å². The average molecular weight is 425 g/mol. The molecule has 0 N–H and O–H groups in total. The molecular weight excluding hydrogens is 400 g/mol. The second-order valence-electron chi connectivity index (χ2n) is 7.62. The van der Waals surface area contributed by atoms with Gasteiger partial charge in [0.2, 0.25) is 0 Å². The maximum Gasteiger partial charge on any atom is 0.271 e. The van der Waals surface area contributed by atoms with E-state index in [0.29, 0.717) is 10.1 Å². The number of aryl methyl sites for hydroxylation is 2. The topological polar surface area (TPSA) is 32.7 Å². The molecule has 4 heteroatoms. The molecular formula is C27H24N2OS. The Bertz CT molecular complexity index is 1170. The summed E-state index contributed by atoms with van der Waals surface area (Å²) in [6.07, 6.45) is 4.02. The van der Waals surface area contributed by atoms with Gasteiger partial charge in [-0.15, -0.1) is 0 Å². The summed E-state index contributed by atoms with van der Waals surface area (Å²) in [5.41, 5.74) is 6.10. The molecule has 1 saturated heterocycles. The van der Waals surface area contributed by atoms with Gasteiger partial charge in [0.15, 0.2) is 5.17 Å². The van der Waals surface area contributed by atoms with Crippen molar-refractivity contribution in [2.24, 2.45) is 4.99 Å². The molecule has 1 aliphatic rings. The molecule has 3 nitrogen and oxygen atoms in total. The predicted octanol–water partition coefficient (Wildman–Crippen LogP) is 7.06. The standard InChI is InChI=1S/C27H24N2OS/c1-19-9-13-23(14-10-19)28-27-29(24-15-11-20(2)12-16-24)26(30)25(31-27)18-21(3)17-22-7-5-4-6-8-22/h4-18H,1-3H3/b21-17+,25-18-,28-27?. The molecule has 3 aromatic carbocycles. The minimum atomic E-state index is -0.0551. The molecule has 1 amide bonds. The highest BCUT2D eigenvalue weighted by atomic mass is 32.2. The van der Waals surface area contributed by atoms with Gasteiger partial charge in [-0.3, -0.25) is 9.69 Å². The molecule has 1 fully saturated rings. The zero-order chi connectivity index (χ0) is 21.8. The Morgan fingerprint density at radius 1 is 0.871 bits per heavy atom. The third-order valence-electron chi connectivity index (χ3n) is 4.91. The van der Waals surface area contributed by atoms with Crippen molar-refractivity contribution in [2.45, 2.75) is 20.8 Å². The van der Waals surface area contributed by atoms with Gasteiger partial charge in [0.05, 0.1) is 16.3 Å². The maximum absolute atomic E-state index is 13.4. The molecule has 3 aromatic rings. The van der Waals surface area contributed by atoms with Crippen LogP contribution in [0.5, 0.6) is 0 Å². The minimum Gasteiger partial charge on any atom is -0.268 e. The first kappa shape index (κ1) is 20.9. The van der Waals surface area contributed by atoms with E-state index in [1.54, 1.807) is 4.90 Å². The lowest BCUT2D eigenvalue weighted by atomic mass is 10.1. The Morgan fingerprint density at radius 2 is 1.48 bits per heavy atom. The van der Waals surface area contributed by atoms with Gasteiger partial charge in [-0.1, -0.05) is 71.8 Å². The van der Waals surface area contributed by atoms with Crippen LogP contribution in [0, 0.1) is 13.8 Å². The van der Waals surface area contributed by atoms with Crippen molar-refractivity contribution in [3.05, 3.63) is 112 Å². The number of anilines is 1. The van der Waals surface area contributed by atoms with Crippen molar-refractivity contribution in [1.29, 1.82) is 0 Å². The molecule has 154 valence electrons. The number of aliphatic imine (C=N–C) groups is 1. The summed E-state index contributed by atoms with van der Waals surface area (Å²) in [5.74, 6) is -0.0551. The molecule has 0 saturated carbocycles. The molecule has 4 rings (SSSR count). The average Bonchev–Trinajstić information content (AvgIpc) is 3.05. The smallest absolute Gasteiger partial charge is 0.268 e. The lowest BCUT2D eigenvalue weighted by molar-refractivity contribution is -0.113. The van der Waals surface area contributed by atoms with E-state index in [0.717, 1.165) is 28.1 Å².